The number of aliphatic hydroxyl groups excluding tert-OH is 2. The third-order valence-electron chi connectivity index (χ3n) is 5.55. The average Bonchev–Trinajstić information content (AvgIpc) is 3.24. The number of hydrogen-bond donors (Lipinski definition) is 2. The summed E-state index contributed by atoms with van der Waals surface area (Å²) in [5.74, 6) is 1.39. The Balaban J connectivity index is 1.55. The van der Waals surface area contributed by atoms with E-state index >= 15 is 0 Å². The van der Waals surface area contributed by atoms with Gasteiger partial charge in [0.25, 0.3) is 0 Å². The third kappa shape index (κ3) is 5.52. The van der Waals surface area contributed by atoms with Crippen molar-refractivity contribution in [2.24, 2.45) is 0 Å². The highest BCUT2D eigenvalue weighted by Gasteiger charge is 2.30. The summed E-state index contributed by atoms with van der Waals surface area (Å²) in [7, 11) is 0. The Labute approximate surface area is 177 Å². The van der Waals surface area contributed by atoms with Gasteiger partial charge in [-0.1, -0.05) is 35.9 Å². The molecular formula is C24H30O6. The van der Waals surface area contributed by atoms with E-state index in [-0.39, 0.29) is 12.7 Å². The van der Waals surface area contributed by atoms with Gasteiger partial charge in [-0.05, 0) is 24.1 Å². The molecule has 0 amide bonds. The highest BCUT2D eigenvalue weighted by molar-refractivity contribution is 5.43. The quantitative estimate of drug-likeness (QED) is 0.725. The summed E-state index contributed by atoms with van der Waals surface area (Å²) < 4.78 is 23.5. The number of aliphatic hydroxyl groups is 2. The van der Waals surface area contributed by atoms with Gasteiger partial charge in [-0.25, -0.2) is 0 Å². The molecule has 2 saturated heterocycles. The normalized spacial score (nSPS) is 26.5. The van der Waals surface area contributed by atoms with Crippen molar-refractivity contribution in [3.63, 3.8) is 0 Å². The predicted octanol–water partition coefficient (Wildman–Crippen LogP) is 2.99. The van der Waals surface area contributed by atoms with Crippen LogP contribution in [0, 0.1) is 6.92 Å². The molecule has 4 unspecified atom stereocenters. The minimum Gasteiger partial charge on any atom is -0.488 e. The first-order valence-corrected chi connectivity index (χ1v) is 10.6. The van der Waals surface area contributed by atoms with Crippen LogP contribution in [-0.2, 0) is 15.9 Å². The van der Waals surface area contributed by atoms with Crippen LogP contribution in [0.1, 0.15) is 36.0 Å². The Bertz CT molecular complexity index is 815. The van der Waals surface area contributed by atoms with Crippen molar-refractivity contribution in [1.82, 2.24) is 0 Å². The van der Waals surface area contributed by atoms with Gasteiger partial charge in [0.05, 0.1) is 32.0 Å². The fraction of sp³-hybridized carbons (Fsp3) is 0.500. The van der Waals surface area contributed by atoms with E-state index in [0.29, 0.717) is 31.6 Å². The first kappa shape index (κ1) is 21.1. The van der Waals surface area contributed by atoms with E-state index in [4.69, 9.17) is 18.9 Å². The van der Waals surface area contributed by atoms with Crippen LogP contribution < -0.4 is 9.47 Å². The monoisotopic (exact) mass is 414 g/mol. The second kappa shape index (κ2) is 9.79. The lowest BCUT2D eigenvalue weighted by Gasteiger charge is -2.32. The summed E-state index contributed by atoms with van der Waals surface area (Å²) in [4.78, 5) is 0. The summed E-state index contributed by atoms with van der Waals surface area (Å²) in [6.45, 7) is 3.24. The van der Waals surface area contributed by atoms with Gasteiger partial charge in [0.2, 0.25) is 6.29 Å². The molecule has 30 heavy (non-hydrogen) atoms. The molecule has 2 aliphatic rings. The van der Waals surface area contributed by atoms with Crippen molar-refractivity contribution < 1.29 is 29.2 Å². The molecule has 0 radical (unpaired) electrons. The molecule has 2 aromatic carbocycles. The molecule has 0 aromatic heterocycles. The molecule has 4 atom stereocenters. The van der Waals surface area contributed by atoms with Crippen molar-refractivity contribution in [2.45, 2.75) is 57.2 Å². The van der Waals surface area contributed by atoms with Crippen LogP contribution in [0.2, 0.25) is 0 Å². The highest BCUT2D eigenvalue weighted by Crippen LogP contribution is 2.31. The first-order valence-electron chi connectivity index (χ1n) is 10.6. The fourth-order valence-electron chi connectivity index (χ4n) is 3.87. The Morgan fingerprint density at radius 1 is 1.07 bits per heavy atom. The van der Waals surface area contributed by atoms with Crippen molar-refractivity contribution >= 4 is 0 Å². The molecule has 2 aliphatic heterocycles. The molecule has 4 rings (SSSR count). The molecule has 2 N–H and O–H groups in total. The molecular weight excluding hydrogens is 384 g/mol. The summed E-state index contributed by atoms with van der Waals surface area (Å²) in [5, 5.41) is 19.6. The van der Waals surface area contributed by atoms with E-state index in [2.05, 4.69) is 31.2 Å². The number of ether oxygens (including phenoxy) is 4. The Kier molecular flexibility index (Phi) is 6.89. The van der Waals surface area contributed by atoms with Crippen LogP contribution >= 0.6 is 0 Å². The van der Waals surface area contributed by atoms with Crippen molar-refractivity contribution in [2.75, 3.05) is 19.8 Å². The Morgan fingerprint density at radius 3 is 2.63 bits per heavy atom. The summed E-state index contributed by atoms with van der Waals surface area (Å²) in [5.41, 5.74) is 3.41. The zero-order valence-electron chi connectivity index (χ0n) is 17.3. The van der Waals surface area contributed by atoms with Gasteiger partial charge in [0, 0.05) is 31.7 Å². The molecule has 6 heteroatoms. The van der Waals surface area contributed by atoms with Gasteiger partial charge in [0.15, 0.2) is 0 Å². The summed E-state index contributed by atoms with van der Waals surface area (Å²) in [6.07, 6.45) is 0.809. The number of rotatable bonds is 7. The number of aryl methyl sites for hydroxylation is 1. The van der Waals surface area contributed by atoms with Gasteiger partial charge in [-0.2, -0.15) is 0 Å². The van der Waals surface area contributed by atoms with Crippen molar-refractivity contribution in [1.29, 1.82) is 0 Å². The molecule has 6 nitrogen and oxygen atoms in total. The van der Waals surface area contributed by atoms with Crippen LogP contribution in [0.4, 0.5) is 0 Å². The van der Waals surface area contributed by atoms with E-state index in [0.717, 1.165) is 24.3 Å². The van der Waals surface area contributed by atoms with Crippen LogP contribution in [0.5, 0.6) is 11.5 Å². The summed E-state index contributed by atoms with van der Waals surface area (Å²) in [6, 6.07) is 14.3. The number of benzene rings is 2. The minimum atomic E-state index is -0.618. The average molecular weight is 414 g/mol. The molecule has 0 bridgehead atoms. The van der Waals surface area contributed by atoms with E-state index in [1.807, 2.05) is 18.2 Å². The smallest absolute Gasteiger partial charge is 0.202 e. The molecule has 0 aliphatic carbocycles. The van der Waals surface area contributed by atoms with Crippen LogP contribution in [0.3, 0.4) is 0 Å². The maximum Gasteiger partial charge on any atom is 0.202 e. The largest absolute Gasteiger partial charge is 0.488 e. The highest BCUT2D eigenvalue weighted by atomic mass is 16.7. The lowest BCUT2D eigenvalue weighted by atomic mass is 10.0. The first-order chi connectivity index (χ1) is 14.6. The van der Waals surface area contributed by atoms with E-state index < -0.39 is 18.5 Å². The molecule has 162 valence electrons. The second-order valence-corrected chi connectivity index (χ2v) is 8.15. The fourth-order valence-corrected chi connectivity index (χ4v) is 3.87. The lowest BCUT2D eigenvalue weighted by Crippen LogP contribution is -2.40. The SMILES string of the molecule is Cc1ccc(Cc2ccc(OC3CCOC3)cc2OC2CC(O)CC(CO)O2)cc1. The Morgan fingerprint density at radius 2 is 1.90 bits per heavy atom. The zero-order chi connectivity index (χ0) is 20.9. The maximum atomic E-state index is 10.1. The third-order valence-corrected chi connectivity index (χ3v) is 5.55. The predicted molar refractivity (Wildman–Crippen MR) is 112 cm³/mol. The van der Waals surface area contributed by atoms with Gasteiger partial charge < -0.3 is 29.2 Å². The van der Waals surface area contributed by atoms with Gasteiger partial charge in [-0.15, -0.1) is 0 Å². The second-order valence-electron chi connectivity index (χ2n) is 8.15. The van der Waals surface area contributed by atoms with E-state index in [1.165, 1.54) is 11.1 Å². The molecule has 2 fully saturated rings. The van der Waals surface area contributed by atoms with Gasteiger partial charge >= 0.3 is 0 Å². The van der Waals surface area contributed by atoms with Gasteiger partial charge in [-0.3, -0.25) is 0 Å². The lowest BCUT2D eigenvalue weighted by molar-refractivity contribution is -0.184. The Hall–Kier alpha value is -2.12. The van der Waals surface area contributed by atoms with Crippen LogP contribution in [-0.4, -0.2) is 54.6 Å². The molecule has 0 saturated carbocycles. The molecule has 2 aromatic rings. The minimum absolute atomic E-state index is 0.0484. The standard InChI is InChI=1S/C24H30O6/c1-16-2-4-17(5-3-16)10-18-6-7-20(28-21-8-9-27-15-21)13-23(18)30-24-12-19(26)11-22(14-25)29-24/h2-7,13,19,21-22,24-26H,8-12,14-15H2,1H3. The van der Waals surface area contributed by atoms with Crippen LogP contribution in [0.25, 0.3) is 0 Å². The van der Waals surface area contributed by atoms with Gasteiger partial charge in [0.1, 0.15) is 17.6 Å². The van der Waals surface area contributed by atoms with Crippen molar-refractivity contribution in [3.05, 3.63) is 59.2 Å². The number of hydrogen-bond acceptors (Lipinski definition) is 6. The molecule has 0 spiro atoms. The maximum absolute atomic E-state index is 10.1. The van der Waals surface area contributed by atoms with E-state index in [1.54, 1.807) is 0 Å². The topological polar surface area (TPSA) is 77.4 Å². The molecule has 2 heterocycles. The van der Waals surface area contributed by atoms with Crippen molar-refractivity contribution in [3.8, 4) is 11.5 Å². The summed E-state index contributed by atoms with van der Waals surface area (Å²) >= 11 is 0. The van der Waals surface area contributed by atoms with E-state index in [9.17, 15) is 10.2 Å². The zero-order valence-corrected chi connectivity index (χ0v) is 17.3. The van der Waals surface area contributed by atoms with Crippen LogP contribution in [0.15, 0.2) is 42.5 Å².